The number of nitrogens with one attached hydrogen (secondary N) is 1. The van der Waals surface area contributed by atoms with E-state index in [9.17, 15) is 4.79 Å². The van der Waals surface area contributed by atoms with Gasteiger partial charge in [0.25, 0.3) is 0 Å². The van der Waals surface area contributed by atoms with Gasteiger partial charge in [-0.1, -0.05) is 20.8 Å². The summed E-state index contributed by atoms with van der Waals surface area (Å²) >= 11 is 0. The van der Waals surface area contributed by atoms with Crippen molar-refractivity contribution in [2.24, 2.45) is 11.3 Å². The van der Waals surface area contributed by atoms with Crippen molar-refractivity contribution in [2.75, 3.05) is 13.2 Å². The fourth-order valence-corrected chi connectivity index (χ4v) is 3.14. The first kappa shape index (κ1) is 14.8. The Kier molecular flexibility index (Phi) is 4.51. The van der Waals surface area contributed by atoms with Gasteiger partial charge in [-0.2, -0.15) is 0 Å². The summed E-state index contributed by atoms with van der Waals surface area (Å²) in [5.74, 6) is 0.465. The van der Waals surface area contributed by atoms with Crippen LogP contribution in [0.25, 0.3) is 0 Å². The number of carbonyl (C=O) groups is 1. The standard InChI is InChI=1S/C15H27NO3/c1-10-5-6-12(19-10)14(17)16-9-11-7-8-18-13(11)15(2,3)4/h10-13H,5-9H2,1-4H3,(H,16,17)/t10-,11-,12-,13+/m1/s1. The van der Waals surface area contributed by atoms with Crippen LogP contribution in [0.4, 0.5) is 0 Å². The minimum Gasteiger partial charge on any atom is -0.377 e. The summed E-state index contributed by atoms with van der Waals surface area (Å²) in [6.45, 7) is 10.1. The van der Waals surface area contributed by atoms with Crippen molar-refractivity contribution in [1.29, 1.82) is 0 Å². The molecule has 0 aromatic rings. The Morgan fingerprint density at radius 2 is 2.00 bits per heavy atom. The molecule has 4 nitrogen and oxygen atoms in total. The SMILES string of the molecule is C[C@@H]1CC[C@H](C(=O)NC[C@H]2CCO[C@@H]2C(C)(C)C)O1. The van der Waals surface area contributed by atoms with Crippen molar-refractivity contribution >= 4 is 5.91 Å². The number of ether oxygens (including phenoxy) is 2. The summed E-state index contributed by atoms with van der Waals surface area (Å²) in [6, 6.07) is 0. The van der Waals surface area contributed by atoms with Crippen LogP contribution < -0.4 is 5.32 Å². The molecule has 2 heterocycles. The van der Waals surface area contributed by atoms with Gasteiger partial charge in [0.2, 0.25) is 5.91 Å². The van der Waals surface area contributed by atoms with E-state index in [1.165, 1.54) is 0 Å². The van der Waals surface area contributed by atoms with Gasteiger partial charge in [0, 0.05) is 19.1 Å². The van der Waals surface area contributed by atoms with Crippen LogP contribution in [-0.4, -0.2) is 37.4 Å². The molecule has 0 radical (unpaired) electrons. The number of hydrogen-bond acceptors (Lipinski definition) is 3. The van der Waals surface area contributed by atoms with E-state index >= 15 is 0 Å². The monoisotopic (exact) mass is 269 g/mol. The molecule has 0 unspecified atom stereocenters. The fraction of sp³-hybridized carbons (Fsp3) is 0.933. The summed E-state index contributed by atoms with van der Waals surface area (Å²) in [5.41, 5.74) is 0.129. The first-order valence-electron chi connectivity index (χ1n) is 7.42. The molecule has 19 heavy (non-hydrogen) atoms. The van der Waals surface area contributed by atoms with E-state index in [-0.39, 0.29) is 29.6 Å². The zero-order valence-corrected chi connectivity index (χ0v) is 12.6. The lowest BCUT2D eigenvalue weighted by Crippen LogP contribution is -2.42. The molecule has 2 aliphatic rings. The summed E-state index contributed by atoms with van der Waals surface area (Å²) in [6.07, 6.45) is 3.06. The first-order chi connectivity index (χ1) is 8.88. The first-order valence-corrected chi connectivity index (χ1v) is 7.42. The van der Waals surface area contributed by atoms with Crippen LogP contribution in [0.2, 0.25) is 0 Å². The largest absolute Gasteiger partial charge is 0.377 e. The topological polar surface area (TPSA) is 47.6 Å². The Balaban J connectivity index is 1.80. The van der Waals surface area contributed by atoms with Gasteiger partial charge in [-0.15, -0.1) is 0 Å². The van der Waals surface area contributed by atoms with E-state index in [4.69, 9.17) is 9.47 Å². The van der Waals surface area contributed by atoms with Crippen molar-refractivity contribution in [3.63, 3.8) is 0 Å². The van der Waals surface area contributed by atoms with Gasteiger partial charge in [-0.25, -0.2) is 0 Å². The van der Waals surface area contributed by atoms with Crippen molar-refractivity contribution < 1.29 is 14.3 Å². The molecule has 2 rings (SSSR count). The van der Waals surface area contributed by atoms with Crippen LogP contribution in [0, 0.1) is 11.3 Å². The van der Waals surface area contributed by atoms with Crippen LogP contribution in [0.5, 0.6) is 0 Å². The van der Waals surface area contributed by atoms with Crippen LogP contribution in [0.15, 0.2) is 0 Å². The van der Waals surface area contributed by atoms with E-state index in [2.05, 4.69) is 26.1 Å². The smallest absolute Gasteiger partial charge is 0.249 e. The lowest BCUT2D eigenvalue weighted by molar-refractivity contribution is -0.132. The minimum absolute atomic E-state index is 0.0453. The molecular weight excluding hydrogens is 242 g/mol. The Labute approximate surface area is 116 Å². The molecule has 4 atom stereocenters. The highest BCUT2D eigenvalue weighted by molar-refractivity contribution is 5.81. The second-order valence-electron chi connectivity index (χ2n) is 6.96. The third kappa shape index (κ3) is 3.69. The van der Waals surface area contributed by atoms with E-state index < -0.39 is 0 Å². The maximum atomic E-state index is 12.0. The molecule has 1 amide bonds. The van der Waals surface area contributed by atoms with Crippen LogP contribution in [0.1, 0.15) is 47.0 Å². The summed E-state index contributed by atoms with van der Waals surface area (Å²) in [5, 5.41) is 3.05. The average molecular weight is 269 g/mol. The Hall–Kier alpha value is -0.610. The van der Waals surface area contributed by atoms with Gasteiger partial charge < -0.3 is 14.8 Å². The van der Waals surface area contributed by atoms with E-state index in [0.717, 1.165) is 25.9 Å². The number of amides is 1. The minimum atomic E-state index is -0.245. The van der Waals surface area contributed by atoms with Crippen molar-refractivity contribution in [3.8, 4) is 0 Å². The molecule has 1 N–H and O–H groups in total. The highest BCUT2D eigenvalue weighted by Gasteiger charge is 2.37. The number of carbonyl (C=O) groups excluding carboxylic acids is 1. The van der Waals surface area contributed by atoms with Gasteiger partial charge in [0.1, 0.15) is 6.10 Å². The molecule has 0 aromatic heterocycles. The molecule has 0 aromatic carbocycles. The van der Waals surface area contributed by atoms with E-state index in [1.54, 1.807) is 0 Å². The Morgan fingerprint density at radius 3 is 2.58 bits per heavy atom. The third-order valence-electron chi connectivity index (χ3n) is 4.13. The molecular formula is C15H27NO3. The summed E-state index contributed by atoms with van der Waals surface area (Å²) in [4.78, 5) is 12.0. The zero-order chi connectivity index (χ0) is 14.0. The molecule has 2 fully saturated rings. The highest BCUT2D eigenvalue weighted by Crippen LogP contribution is 2.34. The van der Waals surface area contributed by atoms with Gasteiger partial charge in [0.15, 0.2) is 0 Å². The van der Waals surface area contributed by atoms with Gasteiger partial charge in [-0.3, -0.25) is 4.79 Å². The van der Waals surface area contributed by atoms with Crippen LogP contribution in [0.3, 0.4) is 0 Å². The van der Waals surface area contributed by atoms with Crippen LogP contribution in [-0.2, 0) is 14.3 Å². The summed E-state index contributed by atoms with van der Waals surface area (Å²) in [7, 11) is 0. The second kappa shape index (κ2) is 5.80. The highest BCUT2D eigenvalue weighted by atomic mass is 16.5. The predicted molar refractivity (Wildman–Crippen MR) is 73.9 cm³/mol. The quantitative estimate of drug-likeness (QED) is 0.853. The molecule has 4 heteroatoms. The fourth-order valence-electron chi connectivity index (χ4n) is 3.14. The predicted octanol–water partition coefficient (Wildman–Crippen LogP) is 2.12. The lowest BCUT2D eigenvalue weighted by atomic mass is 9.81. The normalized spacial score (nSPS) is 35.6. The maximum Gasteiger partial charge on any atom is 0.249 e. The summed E-state index contributed by atoms with van der Waals surface area (Å²) < 4.78 is 11.4. The molecule has 0 aliphatic carbocycles. The van der Waals surface area contributed by atoms with E-state index in [1.807, 2.05) is 6.92 Å². The van der Waals surface area contributed by atoms with Crippen molar-refractivity contribution in [2.45, 2.75) is 65.3 Å². The van der Waals surface area contributed by atoms with E-state index in [0.29, 0.717) is 12.5 Å². The number of rotatable bonds is 3. The van der Waals surface area contributed by atoms with Crippen molar-refractivity contribution in [1.82, 2.24) is 5.32 Å². The Morgan fingerprint density at radius 1 is 1.26 bits per heavy atom. The van der Waals surface area contributed by atoms with Crippen LogP contribution >= 0.6 is 0 Å². The van der Waals surface area contributed by atoms with Gasteiger partial charge >= 0.3 is 0 Å². The van der Waals surface area contributed by atoms with Crippen molar-refractivity contribution in [3.05, 3.63) is 0 Å². The Bertz CT molecular complexity index is 324. The number of hydrogen-bond donors (Lipinski definition) is 1. The third-order valence-corrected chi connectivity index (χ3v) is 4.13. The second-order valence-corrected chi connectivity index (χ2v) is 6.96. The molecule has 110 valence electrons. The lowest BCUT2D eigenvalue weighted by Gasteiger charge is -2.31. The molecule has 2 saturated heterocycles. The van der Waals surface area contributed by atoms with Gasteiger partial charge in [0.05, 0.1) is 12.2 Å². The molecule has 0 saturated carbocycles. The zero-order valence-electron chi connectivity index (χ0n) is 12.6. The average Bonchev–Trinajstić information content (AvgIpc) is 2.93. The molecule has 0 bridgehead atoms. The van der Waals surface area contributed by atoms with Gasteiger partial charge in [-0.05, 0) is 31.6 Å². The maximum absolute atomic E-state index is 12.0. The molecule has 2 aliphatic heterocycles. The molecule has 0 spiro atoms.